The van der Waals surface area contributed by atoms with Gasteiger partial charge in [-0.3, -0.25) is 9.59 Å². The Hall–Kier alpha value is -3.59. The van der Waals surface area contributed by atoms with Gasteiger partial charge in [-0.15, -0.1) is 0 Å². The number of hydrogen-bond acceptors (Lipinski definition) is 6. The molecule has 1 aliphatic rings. The lowest BCUT2D eigenvalue weighted by Crippen LogP contribution is -2.46. The first-order chi connectivity index (χ1) is 22.3. The molecule has 0 spiro atoms. The number of carbonyl (C=O) groups is 2. The molecule has 0 saturated carbocycles. The van der Waals surface area contributed by atoms with Gasteiger partial charge in [0.1, 0.15) is 17.0 Å². The van der Waals surface area contributed by atoms with Crippen LogP contribution in [0, 0.1) is 28.4 Å². The SMILES string of the molecule is CC(C)(CCNC(=O)c1ccccc1)C[C@@H]1N[C@@H](C(=O)NCC[C@H](O)CO)[C@H](c2cccc(Cl)c2F)[C@@]1(C#N)c1ccc(Cl)cc1F. The van der Waals surface area contributed by atoms with Gasteiger partial charge in [-0.1, -0.05) is 73.4 Å². The Morgan fingerprint density at radius 3 is 2.45 bits per heavy atom. The summed E-state index contributed by atoms with van der Waals surface area (Å²) in [5, 5.41) is 38.8. The Labute approximate surface area is 283 Å². The summed E-state index contributed by atoms with van der Waals surface area (Å²) in [5.41, 5.74) is -2.02. The van der Waals surface area contributed by atoms with E-state index in [4.69, 9.17) is 23.2 Å². The topological polar surface area (TPSA) is 134 Å². The molecule has 5 atom stereocenters. The number of nitrogens with one attached hydrogen (secondary N) is 3. The Kier molecular flexibility index (Phi) is 12.0. The molecule has 4 rings (SSSR count). The zero-order chi connectivity index (χ0) is 34.4. The summed E-state index contributed by atoms with van der Waals surface area (Å²) in [7, 11) is 0. The van der Waals surface area contributed by atoms with Gasteiger partial charge in [-0.05, 0) is 60.6 Å². The fourth-order valence-corrected chi connectivity index (χ4v) is 6.71. The third-order valence-corrected chi connectivity index (χ3v) is 9.31. The van der Waals surface area contributed by atoms with Gasteiger partial charge >= 0.3 is 0 Å². The fraction of sp³-hybridized carbons (Fsp3) is 0.400. The minimum Gasteiger partial charge on any atom is -0.394 e. The number of benzene rings is 3. The van der Waals surface area contributed by atoms with Crippen LogP contribution in [0.1, 0.15) is 60.5 Å². The second-order valence-electron chi connectivity index (χ2n) is 12.6. The molecule has 0 radical (unpaired) electrons. The van der Waals surface area contributed by atoms with E-state index in [2.05, 4.69) is 22.0 Å². The van der Waals surface area contributed by atoms with Gasteiger partial charge in [-0.25, -0.2) is 8.78 Å². The first-order valence-corrected chi connectivity index (χ1v) is 16.1. The first-order valence-electron chi connectivity index (χ1n) is 15.3. The zero-order valence-electron chi connectivity index (χ0n) is 26.1. The molecular weight excluding hydrogens is 649 g/mol. The Balaban J connectivity index is 1.76. The van der Waals surface area contributed by atoms with E-state index in [9.17, 15) is 25.1 Å². The molecule has 250 valence electrons. The minimum absolute atomic E-state index is 0.0182. The highest BCUT2D eigenvalue weighted by molar-refractivity contribution is 6.31. The summed E-state index contributed by atoms with van der Waals surface area (Å²) in [6.07, 6.45) is -0.341. The van der Waals surface area contributed by atoms with Crippen molar-refractivity contribution in [2.45, 2.75) is 62.6 Å². The van der Waals surface area contributed by atoms with Crippen LogP contribution >= 0.6 is 23.2 Å². The van der Waals surface area contributed by atoms with Gasteiger partial charge in [0.2, 0.25) is 5.91 Å². The standard InChI is InChI=1S/C35H38Cl2F2N4O4/c1-34(2,14-16-42-32(46)21-7-4-3-5-8-21)18-28-35(20-40,25-12-11-22(36)17-27(25)38)29(24-9-6-10-26(37)30(24)39)31(43-28)33(47)41-15-13-23(45)19-44/h3-12,17,23,28-29,31,43-45H,13-16,18-19H2,1-2H3,(H,41,47)(H,42,46)/t23-,28-,29-,31+,35-/m0/s1. The summed E-state index contributed by atoms with van der Waals surface area (Å²) in [6.45, 7) is 3.65. The first kappa shape index (κ1) is 36.2. The number of aliphatic hydroxyl groups excluding tert-OH is 2. The van der Waals surface area contributed by atoms with Crippen LogP contribution in [-0.2, 0) is 10.2 Å². The summed E-state index contributed by atoms with van der Waals surface area (Å²) in [6, 6.07) is 17.1. The van der Waals surface area contributed by atoms with Crippen LogP contribution in [0.2, 0.25) is 10.0 Å². The molecule has 0 bridgehead atoms. The van der Waals surface area contributed by atoms with Gasteiger partial charge in [-0.2, -0.15) is 5.26 Å². The van der Waals surface area contributed by atoms with E-state index < -0.39 is 59.1 Å². The molecule has 3 aromatic rings. The Morgan fingerprint density at radius 2 is 1.79 bits per heavy atom. The van der Waals surface area contributed by atoms with Crippen molar-refractivity contribution in [3.63, 3.8) is 0 Å². The maximum absolute atomic E-state index is 15.9. The van der Waals surface area contributed by atoms with Crippen molar-refractivity contribution in [3.8, 4) is 6.07 Å². The molecule has 0 aliphatic carbocycles. The second kappa shape index (κ2) is 15.5. The Bertz CT molecular complexity index is 1620. The minimum atomic E-state index is -1.84. The molecule has 5 N–H and O–H groups in total. The number of halogens is 4. The van der Waals surface area contributed by atoms with Crippen LogP contribution in [0.4, 0.5) is 8.78 Å². The third kappa shape index (κ3) is 8.11. The number of amides is 2. The van der Waals surface area contributed by atoms with Gasteiger partial charge in [0, 0.05) is 41.2 Å². The average Bonchev–Trinajstić information content (AvgIpc) is 3.35. The molecule has 1 fully saturated rings. The van der Waals surface area contributed by atoms with Gasteiger partial charge in [0.15, 0.2) is 0 Å². The molecule has 1 saturated heterocycles. The molecule has 0 unspecified atom stereocenters. The van der Waals surface area contributed by atoms with E-state index in [-0.39, 0.29) is 46.5 Å². The largest absolute Gasteiger partial charge is 0.394 e. The summed E-state index contributed by atoms with van der Waals surface area (Å²) < 4.78 is 31.8. The van der Waals surface area contributed by atoms with Crippen LogP contribution in [0.3, 0.4) is 0 Å². The predicted octanol–water partition coefficient (Wildman–Crippen LogP) is 5.25. The normalized spacial score (nSPS) is 21.6. The Morgan fingerprint density at radius 1 is 1.06 bits per heavy atom. The van der Waals surface area contributed by atoms with Gasteiger partial charge in [0.05, 0.1) is 29.8 Å². The number of carbonyl (C=O) groups excluding carboxylic acids is 2. The van der Waals surface area contributed by atoms with Crippen molar-refractivity contribution in [1.29, 1.82) is 5.26 Å². The number of hydrogen-bond donors (Lipinski definition) is 5. The molecule has 0 aromatic heterocycles. The van der Waals surface area contributed by atoms with Crippen LogP contribution in [0.15, 0.2) is 66.7 Å². The summed E-state index contributed by atoms with van der Waals surface area (Å²) in [4.78, 5) is 26.5. The molecular formula is C35H38Cl2F2N4O4. The van der Waals surface area contributed by atoms with Crippen molar-refractivity contribution in [2.75, 3.05) is 19.7 Å². The maximum Gasteiger partial charge on any atom is 0.251 e. The highest BCUT2D eigenvalue weighted by Gasteiger charge is 2.61. The highest BCUT2D eigenvalue weighted by atomic mass is 35.5. The van der Waals surface area contributed by atoms with Crippen LogP contribution in [0.5, 0.6) is 0 Å². The lowest BCUT2D eigenvalue weighted by molar-refractivity contribution is -0.123. The summed E-state index contributed by atoms with van der Waals surface area (Å²) >= 11 is 12.3. The molecule has 1 aliphatic heterocycles. The van der Waals surface area contributed by atoms with E-state index in [1.807, 2.05) is 19.9 Å². The van der Waals surface area contributed by atoms with Crippen molar-refractivity contribution in [1.82, 2.24) is 16.0 Å². The lowest BCUT2D eigenvalue weighted by Gasteiger charge is -2.38. The van der Waals surface area contributed by atoms with Crippen molar-refractivity contribution in [3.05, 3.63) is 105 Å². The number of aliphatic hydroxyl groups is 2. The quantitative estimate of drug-likeness (QED) is 0.167. The van der Waals surface area contributed by atoms with E-state index in [1.54, 1.807) is 24.3 Å². The molecule has 1 heterocycles. The maximum atomic E-state index is 15.9. The monoisotopic (exact) mass is 686 g/mol. The van der Waals surface area contributed by atoms with E-state index in [0.717, 1.165) is 6.07 Å². The number of nitriles is 1. The van der Waals surface area contributed by atoms with Crippen LogP contribution < -0.4 is 16.0 Å². The molecule has 2 amide bonds. The van der Waals surface area contributed by atoms with Crippen LogP contribution in [0.25, 0.3) is 0 Å². The predicted molar refractivity (Wildman–Crippen MR) is 176 cm³/mol. The number of nitrogens with zero attached hydrogens (tertiary/aromatic N) is 1. The van der Waals surface area contributed by atoms with Crippen molar-refractivity contribution < 1.29 is 28.6 Å². The third-order valence-electron chi connectivity index (χ3n) is 8.78. The highest BCUT2D eigenvalue weighted by Crippen LogP contribution is 2.53. The second-order valence-corrected chi connectivity index (χ2v) is 13.4. The van der Waals surface area contributed by atoms with Crippen LogP contribution in [-0.4, -0.2) is 59.9 Å². The average molecular weight is 688 g/mol. The summed E-state index contributed by atoms with van der Waals surface area (Å²) in [5.74, 6) is -3.74. The number of rotatable bonds is 13. The van der Waals surface area contributed by atoms with E-state index in [1.165, 1.54) is 30.3 Å². The van der Waals surface area contributed by atoms with E-state index >= 15 is 8.78 Å². The molecule has 3 aromatic carbocycles. The van der Waals surface area contributed by atoms with E-state index in [0.29, 0.717) is 18.5 Å². The fourth-order valence-electron chi connectivity index (χ4n) is 6.37. The van der Waals surface area contributed by atoms with Crippen molar-refractivity contribution >= 4 is 35.0 Å². The molecule has 47 heavy (non-hydrogen) atoms. The smallest absolute Gasteiger partial charge is 0.251 e. The van der Waals surface area contributed by atoms with Gasteiger partial charge in [0.25, 0.3) is 5.91 Å². The van der Waals surface area contributed by atoms with Crippen molar-refractivity contribution in [2.24, 2.45) is 5.41 Å². The lowest BCUT2D eigenvalue weighted by atomic mass is 9.62. The van der Waals surface area contributed by atoms with Gasteiger partial charge < -0.3 is 26.2 Å². The zero-order valence-corrected chi connectivity index (χ0v) is 27.6. The molecule has 8 nitrogen and oxygen atoms in total. The molecule has 12 heteroatoms.